The summed E-state index contributed by atoms with van der Waals surface area (Å²) in [7, 11) is 0. The molecule has 0 fully saturated rings. The van der Waals surface area contributed by atoms with Gasteiger partial charge in [-0.05, 0) is 63.6 Å². The van der Waals surface area contributed by atoms with Crippen LogP contribution in [0.4, 0.5) is 5.13 Å². The Labute approximate surface area is 209 Å². The zero-order valence-electron chi connectivity index (χ0n) is 20.3. The smallest absolute Gasteiger partial charge is 0.260 e. The second kappa shape index (κ2) is 11.7. The lowest BCUT2D eigenvalue weighted by Crippen LogP contribution is -2.32. The van der Waals surface area contributed by atoms with Gasteiger partial charge in [-0.2, -0.15) is 0 Å². The van der Waals surface area contributed by atoms with Gasteiger partial charge in [0.2, 0.25) is 0 Å². The summed E-state index contributed by atoms with van der Waals surface area (Å²) in [5, 5.41) is 0.649. The number of anilines is 1. The number of amides is 1. The third kappa shape index (κ3) is 5.92. The van der Waals surface area contributed by atoms with Gasteiger partial charge >= 0.3 is 0 Å². The molecular weight excluding hydrogens is 464 g/mol. The minimum atomic E-state index is -0.135. The molecular formula is C26H30N4O4S. The van der Waals surface area contributed by atoms with Gasteiger partial charge in [0.25, 0.3) is 5.91 Å². The summed E-state index contributed by atoms with van der Waals surface area (Å²) >= 11 is 1.48. The van der Waals surface area contributed by atoms with Crippen LogP contribution in [0.15, 0.2) is 55.1 Å². The average Bonchev–Trinajstić information content (AvgIpc) is 3.52. The number of aryl methyl sites for hydroxylation is 1. The van der Waals surface area contributed by atoms with Crippen molar-refractivity contribution >= 4 is 32.6 Å². The second-order valence-corrected chi connectivity index (χ2v) is 8.71. The van der Waals surface area contributed by atoms with Crippen LogP contribution in [0.25, 0.3) is 10.2 Å². The number of hydrogen-bond acceptors (Lipinski definition) is 7. The third-order valence-corrected chi connectivity index (χ3v) is 6.32. The molecule has 0 aliphatic carbocycles. The van der Waals surface area contributed by atoms with E-state index in [9.17, 15) is 4.79 Å². The molecule has 2 aromatic carbocycles. The molecule has 2 heterocycles. The molecule has 184 valence electrons. The zero-order chi connectivity index (χ0) is 24.6. The van der Waals surface area contributed by atoms with E-state index >= 15 is 0 Å². The fourth-order valence-corrected chi connectivity index (χ4v) is 4.74. The maximum atomic E-state index is 13.8. The fourth-order valence-electron chi connectivity index (χ4n) is 3.72. The zero-order valence-corrected chi connectivity index (χ0v) is 21.1. The van der Waals surface area contributed by atoms with Gasteiger partial charge in [0.1, 0.15) is 5.75 Å². The minimum Gasteiger partial charge on any atom is -0.494 e. The molecule has 2 aromatic heterocycles. The van der Waals surface area contributed by atoms with E-state index in [0.717, 1.165) is 28.9 Å². The summed E-state index contributed by atoms with van der Waals surface area (Å²) in [6.07, 6.45) is 6.19. The van der Waals surface area contributed by atoms with Crippen LogP contribution >= 0.6 is 11.3 Å². The highest BCUT2D eigenvalue weighted by Gasteiger charge is 2.23. The van der Waals surface area contributed by atoms with Gasteiger partial charge in [-0.3, -0.25) is 9.69 Å². The molecule has 0 radical (unpaired) electrons. The molecule has 0 atom stereocenters. The highest BCUT2D eigenvalue weighted by Crippen LogP contribution is 2.34. The summed E-state index contributed by atoms with van der Waals surface area (Å²) in [5.41, 5.74) is 1.36. The Morgan fingerprint density at radius 3 is 2.54 bits per heavy atom. The second-order valence-electron chi connectivity index (χ2n) is 7.70. The van der Waals surface area contributed by atoms with E-state index in [4.69, 9.17) is 19.2 Å². The molecule has 0 unspecified atom stereocenters. The molecule has 8 nitrogen and oxygen atoms in total. The van der Waals surface area contributed by atoms with E-state index in [1.54, 1.807) is 35.6 Å². The number of carbonyl (C=O) groups is 1. The summed E-state index contributed by atoms with van der Waals surface area (Å²) in [5.74, 6) is 1.84. The first-order chi connectivity index (χ1) is 17.1. The highest BCUT2D eigenvalue weighted by molar-refractivity contribution is 7.22. The summed E-state index contributed by atoms with van der Waals surface area (Å²) < 4.78 is 20.0. The number of aromatic nitrogens is 3. The molecule has 4 aromatic rings. The largest absolute Gasteiger partial charge is 0.494 e. The number of fused-ring (bicyclic) bond motifs is 1. The van der Waals surface area contributed by atoms with Gasteiger partial charge in [0.05, 0.1) is 36.4 Å². The van der Waals surface area contributed by atoms with Crippen molar-refractivity contribution in [1.82, 2.24) is 14.5 Å². The van der Waals surface area contributed by atoms with E-state index in [1.807, 2.05) is 49.7 Å². The fraction of sp³-hybridized carbons (Fsp3) is 0.346. The predicted molar refractivity (Wildman–Crippen MR) is 138 cm³/mol. The van der Waals surface area contributed by atoms with Gasteiger partial charge in [-0.25, -0.2) is 9.97 Å². The van der Waals surface area contributed by atoms with Crippen LogP contribution in [0.3, 0.4) is 0 Å². The quantitative estimate of drug-likeness (QED) is 0.261. The topological polar surface area (TPSA) is 78.7 Å². The molecule has 0 N–H and O–H groups in total. The first kappa shape index (κ1) is 24.5. The number of ether oxygens (including phenoxy) is 3. The number of carbonyl (C=O) groups excluding carboxylic acids is 1. The normalized spacial score (nSPS) is 10.9. The van der Waals surface area contributed by atoms with Crippen molar-refractivity contribution in [2.24, 2.45) is 0 Å². The van der Waals surface area contributed by atoms with Gasteiger partial charge in [-0.15, -0.1) is 0 Å². The number of benzene rings is 2. The van der Waals surface area contributed by atoms with Crippen molar-refractivity contribution < 1.29 is 19.0 Å². The van der Waals surface area contributed by atoms with Gasteiger partial charge < -0.3 is 18.8 Å². The molecule has 4 rings (SSSR count). The Kier molecular flexibility index (Phi) is 8.20. The highest BCUT2D eigenvalue weighted by atomic mass is 32.1. The van der Waals surface area contributed by atoms with Crippen LogP contribution in [0, 0.1) is 0 Å². The van der Waals surface area contributed by atoms with Crippen LogP contribution in [0.5, 0.6) is 17.2 Å². The van der Waals surface area contributed by atoms with Gasteiger partial charge in [-0.1, -0.05) is 11.3 Å². The maximum Gasteiger partial charge on any atom is 0.260 e. The Morgan fingerprint density at radius 1 is 1.00 bits per heavy atom. The number of nitrogens with zero attached hydrogens (tertiary/aromatic N) is 4. The van der Waals surface area contributed by atoms with Crippen molar-refractivity contribution in [3.05, 3.63) is 60.7 Å². The van der Waals surface area contributed by atoms with Crippen LogP contribution in [0.1, 0.15) is 37.6 Å². The Bertz CT molecular complexity index is 1260. The number of thiazole rings is 1. The predicted octanol–water partition coefficient (Wildman–Crippen LogP) is 5.43. The molecule has 35 heavy (non-hydrogen) atoms. The Morgan fingerprint density at radius 2 is 1.80 bits per heavy atom. The monoisotopic (exact) mass is 494 g/mol. The molecule has 0 aliphatic heterocycles. The standard InChI is InChI=1S/C26H30N4O4S/c1-4-32-20-9-10-21-24(17-20)35-26(28-21)30(14-7-13-29-15-12-27-18-29)25(31)19-8-11-22(33-5-2)23(16-19)34-6-3/h8-12,15-18H,4-7,13-14H2,1-3H3. The van der Waals surface area contributed by atoms with Gasteiger partial charge in [0, 0.05) is 31.0 Å². The first-order valence-electron chi connectivity index (χ1n) is 11.8. The maximum absolute atomic E-state index is 13.8. The van der Waals surface area contributed by atoms with E-state index in [0.29, 0.717) is 48.6 Å². The Hall–Kier alpha value is -3.59. The van der Waals surface area contributed by atoms with Crippen molar-refractivity contribution in [2.45, 2.75) is 33.7 Å². The van der Waals surface area contributed by atoms with E-state index in [-0.39, 0.29) is 5.91 Å². The van der Waals surface area contributed by atoms with Crippen LogP contribution in [0.2, 0.25) is 0 Å². The first-order valence-corrected chi connectivity index (χ1v) is 12.6. The van der Waals surface area contributed by atoms with E-state index in [1.165, 1.54) is 11.3 Å². The van der Waals surface area contributed by atoms with Crippen molar-refractivity contribution in [3.8, 4) is 17.2 Å². The summed E-state index contributed by atoms with van der Waals surface area (Å²) in [4.78, 5) is 24.4. The average molecular weight is 495 g/mol. The lowest BCUT2D eigenvalue weighted by atomic mass is 10.1. The summed E-state index contributed by atoms with van der Waals surface area (Å²) in [6, 6.07) is 11.1. The number of imidazole rings is 1. The molecule has 0 saturated heterocycles. The SMILES string of the molecule is CCOc1ccc2nc(N(CCCn3ccnc3)C(=O)c3ccc(OCC)c(OCC)c3)sc2c1. The molecule has 0 saturated carbocycles. The third-order valence-electron chi connectivity index (χ3n) is 5.28. The van der Waals surface area contributed by atoms with Crippen molar-refractivity contribution in [2.75, 3.05) is 31.3 Å². The van der Waals surface area contributed by atoms with Crippen LogP contribution < -0.4 is 19.1 Å². The van der Waals surface area contributed by atoms with Gasteiger partial charge in [0.15, 0.2) is 16.6 Å². The van der Waals surface area contributed by atoms with Crippen molar-refractivity contribution in [1.29, 1.82) is 0 Å². The van der Waals surface area contributed by atoms with E-state index < -0.39 is 0 Å². The molecule has 0 aliphatic rings. The van der Waals surface area contributed by atoms with Crippen LogP contribution in [-0.4, -0.2) is 46.8 Å². The minimum absolute atomic E-state index is 0.135. The number of rotatable bonds is 12. The summed E-state index contributed by atoms with van der Waals surface area (Å²) in [6.45, 7) is 8.62. The molecule has 0 spiro atoms. The van der Waals surface area contributed by atoms with Crippen molar-refractivity contribution in [3.63, 3.8) is 0 Å². The molecule has 1 amide bonds. The Balaban J connectivity index is 1.65. The lowest BCUT2D eigenvalue weighted by molar-refractivity contribution is 0.0985. The lowest BCUT2D eigenvalue weighted by Gasteiger charge is -2.21. The molecule has 0 bridgehead atoms. The van der Waals surface area contributed by atoms with Crippen LogP contribution in [-0.2, 0) is 6.54 Å². The number of hydrogen-bond donors (Lipinski definition) is 0. The molecule has 9 heteroatoms. The van der Waals surface area contributed by atoms with E-state index in [2.05, 4.69) is 4.98 Å².